The lowest BCUT2D eigenvalue weighted by atomic mass is 9.99. The summed E-state index contributed by atoms with van der Waals surface area (Å²) in [6, 6.07) is 107. The van der Waals surface area contributed by atoms with Crippen molar-refractivity contribution in [3.8, 4) is 102 Å². The van der Waals surface area contributed by atoms with Gasteiger partial charge in [-0.25, -0.2) is 29.9 Å². The molecule has 0 unspecified atom stereocenters. The highest BCUT2D eigenvalue weighted by Gasteiger charge is 2.26. The van der Waals surface area contributed by atoms with E-state index in [1.165, 1.54) is 0 Å². The molecule has 116 heavy (non-hydrogen) atoms. The smallest absolute Gasteiger partial charge is 0.167 e. The number of aromatic nitrogens is 6. The van der Waals surface area contributed by atoms with Crippen LogP contribution in [-0.2, 0) is 0 Å². The van der Waals surface area contributed by atoms with Crippen LogP contribution in [0.4, 0.5) is 0 Å². The van der Waals surface area contributed by atoms with Crippen LogP contribution >= 0.6 is 0 Å². The van der Waals surface area contributed by atoms with Crippen molar-refractivity contribution >= 4 is 176 Å². The predicted molar refractivity (Wildman–Crippen MR) is 460 cm³/mol. The molecule has 0 saturated carbocycles. The summed E-state index contributed by atoms with van der Waals surface area (Å²) in [5, 5.41) is 15.3. The van der Waals surface area contributed by atoms with Crippen LogP contribution in [0.15, 0.2) is 351 Å². The molecule has 26 rings (SSSR count). The molecule has 0 bridgehead atoms. The fourth-order valence-corrected chi connectivity index (χ4v) is 17.6. The summed E-state index contributed by atoms with van der Waals surface area (Å²) in [5.41, 5.74) is 22.5. The topological polar surface area (TPSA) is 182 Å². The van der Waals surface area contributed by atoms with Crippen molar-refractivity contribution in [1.82, 2.24) is 29.9 Å². The normalized spacial score (nSPS) is 12.3. The lowest BCUT2D eigenvalue weighted by Crippen LogP contribution is -2.00. The molecule has 0 N–H and O–H groups in total. The number of rotatable bonds is 9. The molecule has 0 spiro atoms. The second-order valence-corrected chi connectivity index (χ2v) is 29.9. The number of fused-ring (bicyclic) bond motifs is 24. The van der Waals surface area contributed by atoms with Crippen molar-refractivity contribution in [3.05, 3.63) is 315 Å². The van der Waals surface area contributed by atoms with Gasteiger partial charge in [0.25, 0.3) is 0 Å². The highest BCUT2D eigenvalue weighted by Crippen LogP contribution is 2.48. The maximum atomic E-state index is 7.05. The molecule has 0 aliphatic carbocycles. The Kier molecular flexibility index (Phi) is 12.8. The molecule has 0 aliphatic heterocycles. The number of para-hydroxylation sites is 5. The third-order valence-corrected chi connectivity index (χ3v) is 23.2. The molecule has 14 nitrogen and oxygen atoms in total. The first kappa shape index (κ1) is 62.7. The zero-order valence-electron chi connectivity index (χ0n) is 61.0. The van der Waals surface area contributed by atoms with E-state index in [0.29, 0.717) is 74.0 Å². The van der Waals surface area contributed by atoms with Gasteiger partial charge in [0.2, 0.25) is 0 Å². The van der Waals surface area contributed by atoms with Gasteiger partial charge in [-0.15, -0.1) is 0 Å². The molecule has 0 radical (unpaired) electrons. The zero-order valence-corrected chi connectivity index (χ0v) is 61.0. The molecule has 16 aromatic carbocycles. The van der Waals surface area contributed by atoms with E-state index in [0.717, 1.165) is 203 Å². The van der Waals surface area contributed by atoms with Crippen LogP contribution in [0.25, 0.3) is 277 Å². The Hall–Kier alpha value is -16.1. The van der Waals surface area contributed by atoms with Gasteiger partial charge >= 0.3 is 0 Å². The van der Waals surface area contributed by atoms with Gasteiger partial charge in [-0.3, -0.25) is 0 Å². The highest BCUT2D eigenvalue weighted by molar-refractivity contribution is 6.22. The van der Waals surface area contributed by atoms with E-state index in [-0.39, 0.29) is 0 Å². The Morgan fingerprint density at radius 1 is 0.129 bits per heavy atom. The van der Waals surface area contributed by atoms with Crippen LogP contribution in [-0.4, -0.2) is 29.9 Å². The van der Waals surface area contributed by atoms with E-state index in [9.17, 15) is 0 Å². The van der Waals surface area contributed by atoms with Crippen LogP contribution in [0.3, 0.4) is 0 Å². The Balaban J connectivity index is 0.568. The molecule has 10 heterocycles. The molecule has 0 aliphatic rings. The second kappa shape index (κ2) is 23.7. The van der Waals surface area contributed by atoms with Crippen LogP contribution in [0.5, 0.6) is 0 Å². The molecule has 0 atom stereocenters. The summed E-state index contributed by atoms with van der Waals surface area (Å²) in [7, 11) is 0. The molecule has 14 heteroatoms. The number of furan rings is 8. The fraction of sp³-hybridized carbons (Fsp3) is 0. The molecule has 10 aromatic heterocycles. The summed E-state index contributed by atoms with van der Waals surface area (Å²) in [6.07, 6.45) is 0. The summed E-state index contributed by atoms with van der Waals surface area (Å²) in [5.74, 6) is 2.91. The number of nitrogens with zero attached hydrogens (tertiary/aromatic N) is 6. The van der Waals surface area contributed by atoms with Gasteiger partial charge < -0.3 is 35.3 Å². The van der Waals surface area contributed by atoms with Gasteiger partial charge in [0, 0.05) is 126 Å². The van der Waals surface area contributed by atoms with Gasteiger partial charge in [0.15, 0.2) is 34.9 Å². The minimum atomic E-state index is 0.440. The Bertz CT molecular complexity index is 8750. The minimum absolute atomic E-state index is 0.440. The molecule has 0 saturated heterocycles. The quantitative estimate of drug-likeness (QED) is 0.133. The third kappa shape index (κ3) is 9.52. The monoisotopic (exact) mass is 1490 g/mol. The zero-order chi connectivity index (χ0) is 75.5. The van der Waals surface area contributed by atoms with Gasteiger partial charge in [-0.05, 0) is 143 Å². The number of hydrogen-bond donors (Lipinski definition) is 0. The molecular formula is C102H52N6O8. The molecule has 0 amide bonds. The van der Waals surface area contributed by atoms with Gasteiger partial charge in [-0.1, -0.05) is 188 Å². The summed E-state index contributed by atoms with van der Waals surface area (Å²) >= 11 is 0. The van der Waals surface area contributed by atoms with Gasteiger partial charge in [0.05, 0.1) is 11.1 Å². The van der Waals surface area contributed by atoms with E-state index in [2.05, 4.69) is 158 Å². The van der Waals surface area contributed by atoms with Crippen molar-refractivity contribution in [2.24, 2.45) is 0 Å². The van der Waals surface area contributed by atoms with Crippen LogP contribution in [0, 0.1) is 0 Å². The van der Waals surface area contributed by atoms with Crippen LogP contribution in [0.2, 0.25) is 0 Å². The van der Waals surface area contributed by atoms with Crippen molar-refractivity contribution in [1.29, 1.82) is 0 Å². The van der Waals surface area contributed by atoms with Crippen molar-refractivity contribution in [2.45, 2.75) is 0 Å². The van der Waals surface area contributed by atoms with Crippen LogP contribution < -0.4 is 0 Å². The standard InChI is InChI=1S/C102H52N6O8/c1-3-16-53(17-4-1)55-20-11-22-58(40-55)97-103-99(105-100(104-97)61-34-37-65-78-48-86-77(47-87(78)113-85(65)44-61)64-25-8-10-33-82(64)109-86)60-36-39-84-72(43-60)80-50-89-79(49-88(80)111-84)68-27-13-26-62(94(68)114-89)57-35-38-83-71(42-57)76-46-75-67-29-15-31-70(96(67)116-93(75)52-91(76)112-83)102-107-98(59-23-12-21-56(41-59)54-18-5-2-6-19-54)106-101(108-102)69-30-14-28-66-74-45-73-63-24-7-9-32-81(63)110-90(73)51-92(74)115-95(66)69/h1-52H. The number of hydrogen-bond acceptors (Lipinski definition) is 14. The largest absolute Gasteiger partial charge is 0.456 e. The van der Waals surface area contributed by atoms with Crippen LogP contribution in [0.1, 0.15) is 0 Å². The summed E-state index contributed by atoms with van der Waals surface area (Å²) < 4.78 is 53.6. The maximum absolute atomic E-state index is 7.05. The maximum Gasteiger partial charge on any atom is 0.167 e. The van der Waals surface area contributed by atoms with Crippen molar-refractivity contribution in [2.75, 3.05) is 0 Å². The first-order chi connectivity index (χ1) is 57.3. The van der Waals surface area contributed by atoms with Gasteiger partial charge in [0.1, 0.15) is 89.3 Å². The lowest BCUT2D eigenvalue weighted by Gasteiger charge is -2.10. The predicted octanol–water partition coefficient (Wildman–Crippen LogP) is 28.3. The Morgan fingerprint density at radius 3 is 0.940 bits per heavy atom. The molecule has 538 valence electrons. The third-order valence-electron chi connectivity index (χ3n) is 23.2. The van der Waals surface area contributed by atoms with Crippen molar-refractivity contribution < 1.29 is 35.3 Å². The average molecular weight is 1490 g/mol. The number of benzene rings is 16. The Labute approximate surface area is 654 Å². The van der Waals surface area contributed by atoms with E-state index >= 15 is 0 Å². The first-order valence-electron chi connectivity index (χ1n) is 38.4. The average Bonchev–Trinajstić information content (AvgIpc) is 1.59. The summed E-state index contributed by atoms with van der Waals surface area (Å²) in [6.45, 7) is 0. The van der Waals surface area contributed by atoms with E-state index < -0.39 is 0 Å². The highest BCUT2D eigenvalue weighted by atomic mass is 16.4. The first-order valence-corrected chi connectivity index (χ1v) is 38.4. The van der Waals surface area contributed by atoms with Crippen molar-refractivity contribution in [3.63, 3.8) is 0 Å². The van der Waals surface area contributed by atoms with E-state index in [1.54, 1.807) is 0 Å². The molecule has 26 aromatic rings. The van der Waals surface area contributed by atoms with E-state index in [4.69, 9.17) is 65.2 Å². The SMILES string of the molecule is c1ccc(-c2cccc(-c3nc(-c4ccc5c(c4)oc4cc6c(cc45)oc4ccccc46)nc(-c4ccc5oc6cc7c(cc6c5c4)oc4c(-c5ccc6oc8cc9oc%10c(-c%11nc(-c%12cccc(-c%13ccccc%13)c%12)nc(-c%12cccc%13c%12oc%12cc%14oc%15ccccc%15c%14cc%12%13)n%11)cccc%10c9cc8c6c5)cccc47)n3)c2)cc1. The fourth-order valence-electron chi connectivity index (χ4n) is 17.6. The lowest BCUT2D eigenvalue weighted by molar-refractivity contribution is 0.656. The second-order valence-electron chi connectivity index (χ2n) is 29.9. The molecular weight excluding hydrogens is 1440 g/mol. The molecule has 0 fully saturated rings. The van der Waals surface area contributed by atoms with Gasteiger partial charge in [-0.2, -0.15) is 0 Å². The minimum Gasteiger partial charge on any atom is -0.456 e. The summed E-state index contributed by atoms with van der Waals surface area (Å²) in [4.78, 5) is 31.7. The van der Waals surface area contributed by atoms with E-state index in [1.807, 2.05) is 158 Å². The Morgan fingerprint density at radius 2 is 0.414 bits per heavy atom.